The third-order valence-electron chi connectivity index (χ3n) is 4.41. The van der Waals surface area contributed by atoms with Crippen LogP contribution in [0.1, 0.15) is 40.5 Å². The lowest BCUT2D eigenvalue weighted by Crippen LogP contribution is -2.58. The van der Waals surface area contributed by atoms with E-state index in [2.05, 4.69) is 51.6 Å². The SMILES string of the molecule is CCN(C(C)CN(C)C)C1C(C)CC(C)CC1N. The van der Waals surface area contributed by atoms with Gasteiger partial charge in [0.15, 0.2) is 0 Å². The Hall–Kier alpha value is -0.120. The molecule has 3 nitrogen and oxygen atoms in total. The van der Waals surface area contributed by atoms with Gasteiger partial charge in [0.25, 0.3) is 0 Å². The molecule has 2 N–H and O–H groups in total. The third kappa shape index (κ3) is 3.94. The van der Waals surface area contributed by atoms with Gasteiger partial charge in [0.2, 0.25) is 0 Å². The molecule has 5 unspecified atom stereocenters. The molecule has 1 aliphatic carbocycles. The summed E-state index contributed by atoms with van der Waals surface area (Å²) in [6.07, 6.45) is 2.50. The van der Waals surface area contributed by atoms with Crippen molar-refractivity contribution in [2.24, 2.45) is 17.6 Å². The molecule has 0 aliphatic heterocycles. The molecule has 108 valence electrons. The average molecular weight is 255 g/mol. The number of hydrogen-bond donors (Lipinski definition) is 1. The van der Waals surface area contributed by atoms with Crippen molar-refractivity contribution in [1.29, 1.82) is 0 Å². The quantitative estimate of drug-likeness (QED) is 0.816. The number of hydrogen-bond acceptors (Lipinski definition) is 3. The molecule has 1 rings (SSSR count). The first kappa shape index (κ1) is 15.9. The first-order valence-corrected chi connectivity index (χ1v) is 7.52. The van der Waals surface area contributed by atoms with Crippen LogP contribution in [0.2, 0.25) is 0 Å². The highest BCUT2D eigenvalue weighted by atomic mass is 15.2. The van der Waals surface area contributed by atoms with Crippen LogP contribution in [-0.4, -0.2) is 55.1 Å². The molecule has 0 aromatic rings. The Morgan fingerprint density at radius 3 is 2.28 bits per heavy atom. The topological polar surface area (TPSA) is 32.5 Å². The van der Waals surface area contributed by atoms with Crippen LogP contribution in [0.3, 0.4) is 0 Å². The molecule has 0 aromatic heterocycles. The van der Waals surface area contributed by atoms with Gasteiger partial charge in [-0.2, -0.15) is 0 Å². The molecule has 0 saturated heterocycles. The van der Waals surface area contributed by atoms with Gasteiger partial charge in [-0.05, 0) is 52.2 Å². The molecule has 0 bridgehead atoms. The molecular weight excluding hydrogens is 222 g/mol. The lowest BCUT2D eigenvalue weighted by Gasteiger charge is -2.47. The summed E-state index contributed by atoms with van der Waals surface area (Å²) in [5, 5.41) is 0. The van der Waals surface area contributed by atoms with Crippen molar-refractivity contribution in [3.63, 3.8) is 0 Å². The monoisotopic (exact) mass is 255 g/mol. The summed E-state index contributed by atoms with van der Waals surface area (Å²) in [7, 11) is 4.30. The highest BCUT2D eigenvalue weighted by Gasteiger charge is 2.36. The third-order valence-corrected chi connectivity index (χ3v) is 4.41. The Bertz CT molecular complexity index is 230. The van der Waals surface area contributed by atoms with E-state index < -0.39 is 0 Å². The van der Waals surface area contributed by atoms with Gasteiger partial charge in [0.05, 0.1) is 0 Å². The molecule has 0 aromatic carbocycles. The van der Waals surface area contributed by atoms with Gasteiger partial charge in [-0.15, -0.1) is 0 Å². The second kappa shape index (κ2) is 6.88. The predicted octanol–water partition coefficient (Wildman–Crippen LogP) is 2.02. The van der Waals surface area contributed by atoms with Crippen molar-refractivity contribution in [2.45, 2.75) is 58.7 Å². The maximum atomic E-state index is 6.45. The van der Waals surface area contributed by atoms with E-state index in [1.807, 2.05) is 0 Å². The Morgan fingerprint density at radius 1 is 1.22 bits per heavy atom. The maximum Gasteiger partial charge on any atom is 0.0276 e. The minimum absolute atomic E-state index is 0.341. The Kier molecular flexibility index (Phi) is 6.09. The molecule has 1 aliphatic rings. The second-order valence-electron chi connectivity index (χ2n) is 6.65. The molecular formula is C15H33N3. The minimum atomic E-state index is 0.341. The number of nitrogens with two attached hydrogens (primary N) is 1. The van der Waals surface area contributed by atoms with E-state index in [1.54, 1.807) is 0 Å². The van der Waals surface area contributed by atoms with E-state index in [-0.39, 0.29) is 0 Å². The zero-order valence-electron chi connectivity index (χ0n) is 13.2. The summed E-state index contributed by atoms with van der Waals surface area (Å²) in [4.78, 5) is 4.90. The van der Waals surface area contributed by atoms with Crippen LogP contribution in [0.15, 0.2) is 0 Å². The summed E-state index contributed by atoms with van der Waals surface area (Å²) in [5.74, 6) is 1.50. The zero-order chi connectivity index (χ0) is 13.9. The largest absolute Gasteiger partial charge is 0.326 e. The molecule has 1 saturated carbocycles. The van der Waals surface area contributed by atoms with E-state index in [4.69, 9.17) is 5.73 Å². The molecule has 5 atom stereocenters. The van der Waals surface area contributed by atoms with Crippen molar-refractivity contribution in [2.75, 3.05) is 27.2 Å². The van der Waals surface area contributed by atoms with Crippen LogP contribution >= 0.6 is 0 Å². The predicted molar refractivity (Wildman–Crippen MR) is 79.7 cm³/mol. The fourth-order valence-corrected chi connectivity index (χ4v) is 3.92. The fraction of sp³-hybridized carbons (Fsp3) is 1.00. The zero-order valence-corrected chi connectivity index (χ0v) is 13.2. The van der Waals surface area contributed by atoms with E-state index in [9.17, 15) is 0 Å². The van der Waals surface area contributed by atoms with Crippen molar-refractivity contribution >= 4 is 0 Å². The van der Waals surface area contributed by atoms with Gasteiger partial charge < -0.3 is 10.6 Å². The van der Waals surface area contributed by atoms with Gasteiger partial charge >= 0.3 is 0 Å². The van der Waals surface area contributed by atoms with Crippen LogP contribution in [0.25, 0.3) is 0 Å². The van der Waals surface area contributed by atoms with E-state index in [1.165, 1.54) is 12.8 Å². The van der Waals surface area contributed by atoms with Gasteiger partial charge in [-0.25, -0.2) is 0 Å². The van der Waals surface area contributed by atoms with Gasteiger partial charge in [-0.1, -0.05) is 20.8 Å². The molecule has 0 spiro atoms. The van der Waals surface area contributed by atoms with Crippen LogP contribution in [0.5, 0.6) is 0 Å². The van der Waals surface area contributed by atoms with Gasteiger partial charge in [0, 0.05) is 24.7 Å². The second-order valence-corrected chi connectivity index (χ2v) is 6.65. The molecule has 0 radical (unpaired) electrons. The fourth-order valence-electron chi connectivity index (χ4n) is 3.92. The van der Waals surface area contributed by atoms with E-state index >= 15 is 0 Å². The minimum Gasteiger partial charge on any atom is -0.326 e. The molecule has 3 heteroatoms. The normalized spacial score (nSPS) is 35.2. The van der Waals surface area contributed by atoms with E-state index in [0.717, 1.165) is 19.0 Å². The van der Waals surface area contributed by atoms with Crippen molar-refractivity contribution in [3.8, 4) is 0 Å². The molecule has 1 fully saturated rings. The average Bonchev–Trinajstić information content (AvgIpc) is 2.21. The maximum absolute atomic E-state index is 6.45. The number of likely N-dealkylation sites (N-methyl/N-ethyl adjacent to an activating group) is 2. The molecule has 0 heterocycles. The lowest BCUT2D eigenvalue weighted by atomic mass is 9.76. The van der Waals surface area contributed by atoms with Crippen molar-refractivity contribution < 1.29 is 0 Å². The summed E-state index contributed by atoms with van der Waals surface area (Å²) in [6.45, 7) is 11.5. The Labute approximate surface area is 114 Å². The Balaban J connectivity index is 2.73. The number of rotatable bonds is 5. The van der Waals surface area contributed by atoms with E-state index in [0.29, 0.717) is 24.0 Å². The first-order chi connectivity index (χ1) is 8.36. The van der Waals surface area contributed by atoms with Crippen molar-refractivity contribution in [3.05, 3.63) is 0 Å². The summed E-state index contributed by atoms with van der Waals surface area (Å²) >= 11 is 0. The van der Waals surface area contributed by atoms with Crippen LogP contribution in [0, 0.1) is 11.8 Å². The first-order valence-electron chi connectivity index (χ1n) is 7.52. The highest BCUT2D eigenvalue weighted by molar-refractivity contribution is 4.93. The van der Waals surface area contributed by atoms with Gasteiger partial charge in [0.1, 0.15) is 0 Å². The summed E-state index contributed by atoms with van der Waals surface area (Å²) < 4.78 is 0. The van der Waals surface area contributed by atoms with Crippen LogP contribution in [-0.2, 0) is 0 Å². The number of nitrogens with zero attached hydrogens (tertiary/aromatic N) is 2. The lowest BCUT2D eigenvalue weighted by molar-refractivity contribution is 0.0423. The smallest absolute Gasteiger partial charge is 0.0276 e. The summed E-state index contributed by atoms with van der Waals surface area (Å²) in [5.41, 5.74) is 6.45. The molecule has 18 heavy (non-hydrogen) atoms. The van der Waals surface area contributed by atoms with Gasteiger partial charge in [-0.3, -0.25) is 4.90 Å². The standard InChI is InChI=1S/C15H33N3/c1-7-18(13(4)10-17(5)6)15-12(3)8-11(2)9-14(15)16/h11-15H,7-10,16H2,1-6H3. The molecule has 0 amide bonds. The Morgan fingerprint density at radius 2 is 1.83 bits per heavy atom. The van der Waals surface area contributed by atoms with Crippen LogP contribution < -0.4 is 5.73 Å². The van der Waals surface area contributed by atoms with Crippen LogP contribution in [0.4, 0.5) is 0 Å². The highest BCUT2D eigenvalue weighted by Crippen LogP contribution is 2.32. The van der Waals surface area contributed by atoms with Crippen molar-refractivity contribution in [1.82, 2.24) is 9.80 Å². The summed E-state index contributed by atoms with van der Waals surface area (Å²) in [6, 6.07) is 1.48.